The fourth-order valence-electron chi connectivity index (χ4n) is 4.19. The molecule has 34 heavy (non-hydrogen) atoms. The maximum Gasteiger partial charge on any atom is 0.258 e. The summed E-state index contributed by atoms with van der Waals surface area (Å²) >= 11 is 12.1. The molecule has 0 aliphatic carbocycles. The van der Waals surface area contributed by atoms with E-state index in [0.29, 0.717) is 28.4 Å². The molecule has 0 fully saturated rings. The lowest BCUT2D eigenvalue weighted by atomic mass is 9.94. The lowest BCUT2D eigenvalue weighted by molar-refractivity contribution is 0.396. The molecule has 1 N–H and O–H groups in total. The van der Waals surface area contributed by atoms with E-state index in [9.17, 15) is 0 Å². The minimum atomic E-state index is -0.274. The van der Waals surface area contributed by atoms with E-state index >= 15 is 0 Å². The molecule has 3 aromatic carbocycles. The summed E-state index contributed by atoms with van der Waals surface area (Å²) in [4.78, 5) is 6.85. The fourth-order valence-corrected chi connectivity index (χ4v) is 4.70. The molecule has 1 unspecified atom stereocenters. The third-order valence-electron chi connectivity index (χ3n) is 5.89. The zero-order valence-corrected chi connectivity index (χ0v) is 20.4. The maximum absolute atomic E-state index is 6.33. The predicted octanol–water partition coefficient (Wildman–Crippen LogP) is 6.56. The van der Waals surface area contributed by atoms with Crippen molar-refractivity contribution in [3.63, 3.8) is 0 Å². The number of hydrogen-bond donors (Lipinski definition) is 1. The smallest absolute Gasteiger partial charge is 0.258 e. The first-order valence-electron chi connectivity index (χ1n) is 11.0. The lowest BCUT2D eigenvalue weighted by Crippen LogP contribution is -2.45. The van der Waals surface area contributed by atoms with Crippen molar-refractivity contribution in [2.24, 2.45) is 0 Å². The number of aromatic nitrogens is 2. The minimum absolute atomic E-state index is 0.274. The Balaban J connectivity index is 1.61. The van der Waals surface area contributed by atoms with Crippen molar-refractivity contribution in [1.82, 2.24) is 20.4 Å². The van der Waals surface area contributed by atoms with E-state index in [1.807, 2.05) is 80.6 Å². The first kappa shape index (κ1) is 22.3. The van der Waals surface area contributed by atoms with Gasteiger partial charge in [0, 0.05) is 22.8 Å². The Kier molecular flexibility index (Phi) is 6.18. The quantitative estimate of drug-likeness (QED) is 0.322. The van der Waals surface area contributed by atoms with Crippen molar-refractivity contribution in [3.05, 3.63) is 112 Å². The van der Waals surface area contributed by atoms with Gasteiger partial charge in [-0.3, -0.25) is 0 Å². The predicted molar refractivity (Wildman–Crippen MR) is 139 cm³/mol. The first-order chi connectivity index (χ1) is 16.5. The van der Waals surface area contributed by atoms with Crippen LogP contribution in [0.4, 0.5) is 0 Å². The highest BCUT2D eigenvalue weighted by atomic mass is 35.5. The van der Waals surface area contributed by atoms with Gasteiger partial charge in [-0.15, -0.1) is 0 Å². The number of nitrogens with zero attached hydrogens (tertiary/aromatic N) is 3. The standard InChI is InChI=1S/C27H23ClN4OS/c1-17-8-6-12-21(14-17)25-30-26(33-31-25)23-18(2)32(16-19-9-4-3-5-10-19)27(34)29-24(23)20-11-7-13-22(28)15-20/h3-15,24H,16H2,1-2H3,(H,29,34). The zero-order valence-electron chi connectivity index (χ0n) is 18.8. The number of rotatable bonds is 5. The largest absolute Gasteiger partial charge is 0.351 e. The Morgan fingerprint density at radius 3 is 2.56 bits per heavy atom. The van der Waals surface area contributed by atoms with Crippen LogP contribution in [-0.2, 0) is 6.54 Å². The molecule has 0 radical (unpaired) electrons. The molecular formula is C27H23ClN4OS. The molecule has 1 aromatic heterocycles. The third kappa shape index (κ3) is 4.47. The monoisotopic (exact) mass is 486 g/mol. The molecule has 1 aliphatic heterocycles. The van der Waals surface area contributed by atoms with Gasteiger partial charge in [-0.05, 0) is 55.4 Å². The van der Waals surface area contributed by atoms with Gasteiger partial charge in [0.1, 0.15) is 0 Å². The number of benzene rings is 3. The number of allylic oxidation sites excluding steroid dienone is 1. The SMILES string of the molecule is CC1=C(c2nc(-c3cccc(C)c3)no2)C(c2cccc(Cl)c2)NC(=S)N1Cc1ccccc1. The van der Waals surface area contributed by atoms with Gasteiger partial charge in [-0.2, -0.15) is 4.98 Å². The van der Waals surface area contributed by atoms with Crippen LogP contribution in [0, 0.1) is 6.92 Å². The average molecular weight is 487 g/mol. The zero-order chi connectivity index (χ0) is 23.7. The van der Waals surface area contributed by atoms with Crippen LogP contribution in [0.2, 0.25) is 5.02 Å². The van der Waals surface area contributed by atoms with Gasteiger partial charge in [0.05, 0.1) is 11.6 Å². The van der Waals surface area contributed by atoms with Crippen molar-refractivity contribution in [1.29, 1.82) is 0 Å². The molecule has 1 atom stereocenters. The van der Waals surface area contributed by atoms with Crippen LogP contribution < -0.4 is 5.32 Å². The molecule has 0 amide bonds. The van der Waals surface area contributed by atoms with Gasteiger partial charge in [-0.1, -0.05) is 83.0 Å². The van der Waals surface area contributed by atoms with E-state index < -0.39 is 0 Å². The first-order valence-corrected chi connectivity index (χ1v) is 11.8. The van der Waals surface area contributed by atoms with Crippen LogP contribution in [0.15, 0.2) is 89.1 Å². The van der Waals surface area contributed by atoms with Crippen molar-refractivity contribution < 1.29 is 4.52 Å². The molecule has 7 heteroatoms. The molecule has 0 saturated carbocycles. The van der Waals surface area contributed by atoms with E-state index in [0.717, 1.165) is 33.5 Å². The van der Waals surface area contributed by atoms with Crippen molar-refractivity contribution >= 4 is 34.5 Å². The second-order valence-corrected chi connectivity index (χ2v) is 9.12. The highest BCUT2D eigenvalue weighted by Crippen LogP contribution is 2.38. The summed E-state index contributed by atoms with van der Waals surface area (Å²) in [6.45, 7) is 4.71. The van der Waals surface area contributed by atoms with Crippen molar-refractivity contribution in [3.8, 4) is 11.4 Å². The van der Waals surface area contributed by atoms with E-state index in [2.05, 4.69) is 27.5 Å². The normalized spacial score (nSPS) is 16.0. The summed E-state index contributed by atoms with van der Waals surface area (Å²) < 4.78 is 5.82. The van der Waals surface area contributed by atoms with Gasteiger partial charge in [-0.25, -0.2) is 0 Å². The van der Waals surface area contributed by atoms with Crippen molar-refractivity contribution in [2.45, 2.75) is 26.4 Å². The van der Waals surface area contributed by atoms with Gasteiger partial charge in [0.25, 0.3) is 5.89 Å². The third-order valence-corrected chi connectivity index (χ3v) is 6.47. The molecule has 0 spiro atoms. The van der Waals surface area contributed by atoms with E-state index in [-0.39, 0.29) is 6.04 Å². The Labute approximate surface area is 209 Å². The van der Waals surface area contributed by atoms with Crippen LogP contribution >= 0.6 is 23.8 Å². The van der Waals surface area contributed by atoms with Gasteiger partial charge in [0.15, 0.2) is 5.11 Å². The molecule has 0 saturated heterocycles. The second-order valence-electron chi connectivity index (χ2n) is 8.30. The summed E-state index contributed by atoms with van der Waals surface area (Å²) in [6.07, 6.45) is 0. The molecular weight excluding hydrogens is 464 g/mol. The van der Waals surface area contributed by atoms with Crippen molar-refractivity contribution in [2.75, 3.05) is 0 Å². The lowest BCUT2D eigenvalue weighted by Gasteiger charge is -2.37. The van der Waals surface area contributed by atoms with E-state index in [1.165, 1.54) is 0 Å². The maximum atomic E-state index is 6.33. The molecule has 4 aromatic rings. The van der Waals surface area contributed by atoms with Gasteiger partial charge in [0.2, 0.25) is 5.82 Å². The molecule has 170 valence electrons. The Morgan fingerprint density at radius 1 is 1.00 bits per heavy atom. The molecule has 5 rings (SSSR count). The Morgan fingerprint density at radius 2 is 1.79 bits per heavy atom. The van der Waals surface area contributed by atoms with Gasteiger partial charge >= 0.3 is 0 Å². The second kappa shape index (κ2) is 9.41. The summed E-state index contributed by atoms with van der Waals surface area (Å²) in [7, 11) is 0. The number of nitrogens with one attached hydrogen (secondary N) is 1. The van der Waals surface area contributed by atoms with E-state index in [1.54, 1.807) is 0 Å². The van der Waals surface area contributed by atoms with Gasteiger partial charge < -0.3 is 14.7 Å². The highest BCUT2D eigenvalue weighted by molar-refractivity contribution is 7.80. The summed E-state index contributed by atoms with van der Waals surface area (Å²) in [5.74, 6) is 0.999. The molecule has 1 aliphatic rings. The number of aryl methyl sites for hydroxylation is 1. The van der Waals surface area contributed by atoms with Crippen LogP contribution in [0.3, 0.4) is 0 Å². The molecule has 0 bridgehead atoms. The van der Waals surface area contributed by atoms with Crippen LogP contribution in [0.25, 0.3) is 17.0 Å². The topological polar surface area (TPSA) is 54.2 Å². The van der Waals surface area contributed by atoms with Crippen LogP contribution in [-0.4, -0.2) is 20.2 Å². The Hall–Kier alpha value is -3.48. The number of thiocarbonyl (C=S) groups is 1. The highest BCUT2D eigenvalue weighted by Gasteiger charge is 2.34. The fraction of sp³-hybridized carbons (Fsp3) is 0.148. The molecule has 5 nitrogen and oxygen atoms in total. The molecule has 2 heterocycles. The summed E-state index contributed by atoms with van der Waals surface area (Å²) in [6, 6.07) is 25.7. The minimum Gasteiger partial charge on any atom is -0.351 e. The number of hydrogen-bond acceptors (Lipinski definition) is 4. The summed E-state index contributed by atoms with van der Waals surface area (Å²) in [5.41, 5.74) is 5.99. The number of halogens is 1. The van der Waals surface area contributed by atoms with Crippen LogP contribution in [0.1, 0.15) is 35.5 Å². The van der Waals surface area contributed by atoms with Crippen LogP contribution in [0.5, 0.6) is 0 Å². The summed E-state index contributed by atoms with van der Waals surface area (Å²) in [5, 5.41) is 9.05. The Bertz CT molecular complexity index is 1380. The average Bonchev–Trinajstić information content (AvgIpc) is 3.32. The van der Waals surface area contributed by atoms with E-state index in [4.69, 9.17) is 33.3 Å².